The zero-order valence-electron chi connectivity index (χ0n) is 12.8. The first-order valence-electron chi connectivity index (χ1n) is 7.41. The van der Waals surface area contributed by atoms with Crippen LogP contribution in [0.15, 0.2) is 24.3 Å². The highest BCUT2D eigenvalue weighted by Crippen LogP contribution is 2.37. The van der Waals surface area contributed by atoms with Crippen molar-refractivity contribution in [3.05, 3.63) is 35.4 Å². The highest BCUT2D eigenvalue weighted by molar-refractivity contribution is 5.76. The van der Waals surface area contributed by atoms with Crippen LogP contribution in [0.3, 0.4) is 0 Å². The molecule has 1 aliphatic carbocycles. The first kappa shape index (κ1) is 15.0. The van der Waals surface area contributed by atoms with Crippen LogP contribution in [-0.4, -0.2) is 25.2 Å². The standard InChI is InChI=1S/C17H25NO2/c1-11(2)16(17(19)20-4)18-15-9-14(10-15)13-7-5-12(3)6-8-13/h5-8,11,14-16,18H,9-10H2,1-4H3/t14?,15?,16-/m0/s1. The quantitative estimate of drug-likeness (QED) is 0.839. The lowest BCUT2D eigenvalue weighted by molar-refractivity contribution is -0.144. The molecule has 0 aliphatic heterocycles. The summed E-state index contributed by atoms with van der Waals surface area (Å²) < 4.78 is 4.87. The van der Waals surface area contributed by atoms with Gasteiger partial charge in [0, 0.05) is 6.04 Å². The molecule has 110 valence electrons. The van der Waals surface area contributed by atoms with Crippen LogP contribution >= 0.6 is 0 Å². The Kier molecular flexibility index (Phi) is 4.81. The Labute approximate surface area is 121 Å². The maximum atomic E-state index is 11.7. The third-order valence-electron chi connectivity index (χ3n) is 4.22. The number of methoxy groups -OCH3 is 1. The van der Waals surface area contributed by atoms with Gasteiger partial charge in [-0.1, -0.05) is 43.7 Å². The van der Waals surface area contributed by atoms with Crippen LogP contribution in [0.2, 0.25) is 0 Å². The molecule has 1 aromatic rings. The van der Waals surface area contributed by atoms with E-state index in [1.165, 1.54) is 18.2 Å². The van der Waals surface area contributed by atoms with Gasteiger partial charge < -0.3 is 10.1 Å². The van der Waals surface area contributed by atoms with Crippen molar-refractivity contribution < 1.29 is 9.53 Å². The van der Waals surface area contributed by atoms with Crippen LogP contribution < -0.4 is 5.32 Å². The van der Waals surface area contributed by atoms with E-state index in [-0.39, 0.29) is 17.9 Å². The summed E-state index contributed by atoms with van der Waals surface area (Å²) in [4.78, 5) is 11.7. The van der Waals surface area contributed by atoms with E-state index in [0.29, 0.717) is 12.0 Å². The molecule has 0 heterocycles. The summed E-state index contributed by atoms with van der Waals surface area (Å²) in [5.41, 5.74) is 2.71. The third kappa shape index (κ3) is 3.40. The Morgan fingerprint density at radius 3 is 2.35 bits per heavy atom. The minimum atomic E-state index is -0.191. The maximum Gasteiger partial charge on any atom is 0.323 e. The van der Waals surface area contributed by atoms with Gasteiger partial charge in [0.1, 0.15) is 6.04 Å². The Balaban J connectivity index is 1.86. The molecule has 1 saturated carbocycles. The molecule has 2 rings (SSSR count). The average molecular weight is 275 g/mol. The van der Waals surface area contributed by atoms with Gasteiger partial charge in [-0.2, -0.15) is 0 Å². The molecule has 3 nitrogen and oxygen atoms in total. The molecule has 0 radical (unpaired) electrons. The fourth-order valence-electron chi connectivity index (χ4n) is 2.78. The molecular weight excluding hydrogens is 250 g/mol. The van der Waals surface area contributed by atoms with Crippen LogP contribution in [0, 0.1) is 12.8 Å². The normalized spacial score (nSPS) is 23.2. The third-order valence-corrected chi connectivity index (χ3v) is 4.22. The fraction of sp³-hybridized carbons (Fsp3) is 0.588. The van der Waals surface area contributed by atoms with Crippen LogP contribution in [0.4, 0.5) is 0 Å². The second-order valence-corrected chi connectivity index (χ2v) is 6.19. The Morgan fingerprint density at radius 1 is 1.25 bits per heavy atom. The number of benzene rings is 1. The molecular formula is C17H25NO2. The number of nitrogens with one attached hydrogen (secondary N) is 1. The average Bonchev–Trinajstić information content (AvgIpc) is 2.38. The van der Waals surface area contributed by atoms with Crippen molar-refractivity contribution in [2.24, 2.45) is 5.92 Å². The van der Waals surface area contributed by atoms with Gasteiger partial charge in [-0.05, 0) is 37.2 Å². The number of carbonyl (C=O) groups is 1. The number of hydrogen-bond donors (Lipinski definition) is 1. The highest BCUT2D eigenvalue weighted by atomic mass is 16.5. The molecule has 1 aromatic carbocycles. The molecule has 0 bridgehead atoms. The summed E-state index contributed by atoms with van der Waals surface area (Å²) in [5.74, 6) is 0.721. The Bertz CT molecular complexity index is 447. The van der Waals surface area contributed by atoms with E-state index >= 15 is 0 Å². The molecule has 1 N–H and O–H groups in total. The Hall–Kier alpha value is -1.35. The molecule has 1 fully saturated rings. The zero-order valence-corrected chi connectivity index (χ0v) is 12.8. The smallest absolute Gasteiger partial charge is 0.323 e. The highest BCUT2D eigenvalue weighted by Gasteiger charge is 2.34. The number of carbonyl (C=O) groups excluding carboxylic acids is 1. The summed E-state index contributed by atoms with van der Waals surface area (Å²) in [6, 6.07) is 9.01. The summed E-state index contributed by atoms with van der Waals surface area (Å²) in [6.45, 7) is 6.20. The molecule has 0 aromatic heterocycles. The SMILES string of the molecule is COC(=O)[C@@H](NC1CC(c2ccc(C)cc2)C1)C(C)C. The summed E-state index contributed by atoms with van der Waals surface area (Å²) in [7, 11) is 1.45. The van der Waals surface area contributed by atoms with Crippen LogP contribution in [0.1, 0.15) is 43.7 Å². The maximum absolute atomic E-state index is 11.7. The van der Waals surface area contributed by atoms with E-state index in [4.69, 9.17) is 4.74 Å². The molecule has 3 heteroatoms. The van der Waals surface area contributed by atoms with Crippen molar-refractivity contribution in [3.63, 3.8) is 0 Å². The van der Waals surface area contributed by atoms with Gasteiger partial charge in [0.05, 0.1) is 7.11 Å². The minimum Gasteiger partial charge on any atom is -0.468 e. The van der Waals surface area contributed by atoms with E-state index in [1.807, 2.05) is 13.8 Å². The van der Waals surface area contributed by atoms with Gasteiger partial charge in [-0.3, -0.25) is 4.79 Å². The van der Waals surface area contributed by atoms with Gasteiger partial charge in [0.15, 0.2) is 0 Å². The molecule has 0 unspecified atom stereocenters. The second-order valence-electron chi connectivity index (χ2n) is 6.19. The lowest BCUT2D eigenvalue weighted by Crippen LogP contribution is -2.51. The van der Waals surface area contributed by atoms with Crippen molar-refractivity contribution in [2.45, 2.75) is 51.6 Å². The van der Waals surface area contributed by atoms with Crippen molar-refractivity contribution in [3.8, 4) is 0 Å². The predicted molar refractivity (Wildman–Crippen MR) is 80.7 cm³/mol. The predicted octanol–water partition coefficient (Wildman–Crippen LogP) is 3.03. The summed E-state index contributed by atoms with van der Waals surface area (Å²) in [5, 5.41) is 3.44. The van der Waals surface area contributed by atoms with E-state index < -0.39 is 0 Å². The van der Waals surface area contributed by atoms with Crippen LogP contribution in [-0.2, 0) is 9.53 Å². The van der Waals surface area contributed by atoms with Crippen molar-refractivity contribution in [1.82, 2.24) is 5.32 Å². The number of aryl methyl sites for hydroxylation is 1. The molecule has 20 heavy (non-hydrogen) atoms. The summed E-state index contributed by atoms with van der Waals surface area (Å²) >= 11 is 0. The first-order valence-corrected chi connectivity index (χ1v) is 7.41. The minimum absolute atomic E-state index is 0.154. The first-order chi connectivity index (χ1) is 9.51. The van der Waals surface area contributed by atoms with E-state index in [0.717, 1.165) is 12.8 Å². The monoisotopic (exact) mass is 275 g/mol. The molecule has 1 aliphatic rings. The zero-order chi connectivity index (χ0) is 14.7. The van der Waals surface area contributed by atoms with E-state index in [9.17, 15) is 4.79 Å². The van der Waals surface area contributed by atoms with Gasteiger partial charge in [-0.25, -0.2) is 0 Å². The molecule has 1 atom stereocenters. The van der Waals surface area contributed by atoms with Crippen molar-refractivity contribution in [2.75, 3.05) is 7.11 Å². The number of ether oxygens (including phenoxy) is 1. The molecule has 0 spiro atoms. The van der Waals surface area contributed by atoms with E-state index in [1.54, 1.807) is 0 Å². The summed E-state index contributed by atoms with van der Waals surface area (Å²) in [6.07, 6.45) is 2.20. The van der Waals surface area contributed by atoms with Crippen LogP contribution in [0.25, 0.3) is 0 Å². The molecule has 0 saturated heterocycles. The topological polar surface area (TPSA) is 38.3 Å². The number of esters is 1. The molecule has 0 amide bonds. The van der Waals surface area contributed by atoms with E-state index in [2.05, 4.69) is 36.5 Å². The number of hydrogen-bond acceptors (Lipinski definition) is 3. The van der Waals surface area contributed by atoms with Gasteiger partial charge in [-0.15, -0.1) is 0 Å². The van der Waals surface area contributed by atoms with Gasteiger partial charge >= 0.3 is 5.97 Å². The van der Waals surface area contributed by atoms with Gasteiger partial charge in [0.25, 0.3) is 0 Å². The second kappa shape index (κ2) is 6.40. The largest absolute Gasteiger partial charge is 0.468 e. The Morgan fingerprint density at radius 2 is 1.85 bits per heavy atom. The van der Waals surface area contributed by atoms with Crippen LogP contribution in [0.5, 0.6) is 0 Å². The lowest BCUT2D eigenvalue weighted by Gasteiger charge is -2.39. The van der Waals surface area contributed by atoms with Gasteiger partial charge in [0.2, 0.25) is 0 Å². The number of rotatable bonds is 5. The fourth-order valence-corrected chi connectivity index (χ4v) is 2.78. The lowest BCUT2D eigenvalue weighted by atomic mass is 9.75. The van der Waals surface area contributed by atoms with Crippen molar-refractivity contribution in [1.29, 1.82) is 0 Å². The van der Waals surface area contributed by atoms with Crippen molar-refractivity contribution >= 4 is 5.97 Å².